The van der Waals surface area contributed by atoms with E-state index in [4.69, 9.17) is 0 Å². The average Bonchev–Trinajstić information content (AvgIpc) is 3.14. The number of carbonyl (C=O) groups excluding carboxylic acids is 1. The Labute approximate surface area is 196 Å². The molecule has 0 aliphatic heterocycles. The zero-order valence-electron chi connectivity index (χ0n) is 18.9. The zero-order valence-corrected chi connectivity index (χ0v) is 19.7. The van der Waals surface area contributed by atoms with Gasteiger partial charge in [-0.1, -0.05) is 34.5 Å². The lowest BCUT2D eigenvalue weighted by Gasteiger charge is -2.08. The number of carbonyl (C=O) groups is 1. The number of fused-ring (bicyclic) bond motifs is 1. The summed E-state index contributed by atoms with van der Waals surface area (Å²) in [6.45, 7) is 7.93. The highest BCUT2D eigenvalue weighted by Crippen LogP contribution is 2.35. The van der Waals surface area contributed by atoms with Gasteiger partial charge in [-0.25, -0.2) is 0 Å². The third-order valence-electron chi connectivity index (χ3n) is 5.47. The van der Waals surface area contributed by atoms with Crippen LogP contribution >= 0.6 is 11.8 Å². The quantitative estimate of drug-likeness (QED) is 0.138. The molecule has 2 aromatic heterocycles. The van der Waals surface area contributed by atoms with Crippen LogP contribution < -0.4 is 10.1 Å². The second kappa shape index (κ2) is 9.07. The van der Waals surface area contributed by atoms with E-state index in [0.29, 0.717) is 5.69 Å². The molecule has 0 aliphatic carbocycles. The van der Waals surface area contributed by atoms with Crippen LogP contribution in [0.4, 0.5) is 0 Å². The van der Waals surface area contributed by atoms with Crippen LogP contribution in [0.5, 0.6) is 0 Å². The number of hydrogen-bond acceptors (Lipinski definition) is 4. The van der Waals surface area contributed by atoms with Gasteiger partial charge in [0, 0.05) is 52.3 Å². The van der Waals surface area contributed by atoms with Crippen LogP contribution in [-0.2, 0) is 0 Å². The summed E-state index contributed by atoms with van der Waals surface area (Å²) in [6, 6.07) is 17.6. The Morgan fingerprint density at radius 3 is 2.30 bits per heavy atom. The first-order valence-corrected chi connectivity index (χ1v) is 11.5. The summed E-state index contributed by atoms with van der Waals surface area (Å²) < 4.78 is 1.78. The van der Waals surface area contributed by atoms with Crippen LogP contribution in [0.25, 0.3) is 22.0 Å². The van der Waals surface area contributed by atoms with Crippen LogP contribution in [0, 0.1) is 37.8 Å². The van der Waals surface area contributed by atoms with Crippen molar-refractivity contribution in [3.63, 3.8) is 0 Å². The van der Waals surface area contributed by atoms with Crippen molar-refractivity contribution in [1.82, 2.24) is 4.98 Å². The molecule has 1 amide bonds. The Hall–Kier alpha value is -3.65. The molecule has 7 nitrogen and oxygen atoms in total. The van der Waals surface area contributed by atoms with Crippen molar-refractivity contribution in [1.29, 1.82) is 0 Å². The number of H-pyrrole nitrogens is 1. The van der Waals surface area contributed by atoms with Crippen LogP contribution in [-0.4, -0.2) is 21.7 Å². The summed E-state index contributed by atoms with van der Waals surface area (Å²) >= 11 is 1.16. The molecule has 0 saturated heterocycles. The predicted octanol–water partition coefficient (Wildman–Crippen LogP) is 5.07. The SMILES string of the molecule is Cc1ccc(-c2c(C(=O)N[n+]3c(C)cc(C)cc3C)[nH]c3ccc(SC[N+](=O)[O-])cc23)cc1. The maximum absolute atomic E-state index is 13.5. The van der Waals surface area contributed by atoms with Crippen LogP contribution in [0.3, 0.4) is 0 Å². The Morgan fingerprint density at radius 2 is 1.67 bits per heavy atom. The molecule has 4 aromatic rings. The lowest BCUT2D eigenvalue weighted by atomic mass is 10.0. The van der Waals surface area contributed by atoms with Gasteiger partial charge in [-0.05, 0) is 54.9 Å². The van der Waals surface area contributed by atoms with Crippen LogP contribution in [0.1, 0.15) is 33.0 Å². The number of amides is 1. The summed E-state index contributed by atoms with van der Waals surface area (Å²) in [4.78, 5) is 28.0. The van der Waals surface area contributed by atoms with E-state index in [2.05, 4.69) is 10.4 Å². The van der Waals surface area contributed by atoms with E-state index in [9.17, 15) is 14.9 Å². The van der Waals surface area contributed by atoms with Gasteiger partial charge in [0.25, 0.3) is 5.88 Å². The van der Waals surface area contributed by atoms with E-state index >= 15 is 0 Å². The van der Waals surface area contributed by atoms with Crippen molar-refractivity contribution in [2.75, 3.05) is 11.3 Å². The highest BCUT2D eigenvalue weighted by Gasteiger charge is 2.24. The van der Waals surface area contributed by atoms with E-state index in [1.54, 1.807) is 4.68 Å². The molecule has 168 valence electrons. The van der Waals surface area contributed by atoms with Gasteiger partial charge in [0.05, 0.1) is 0 Å². The van der Waals surface area contributed by atoms with E-state index in [0.717, 1.165) is 61.2 Å². The van der Waals surface area contributed by atoms with Crippen molar-refractivity contribution >= 4 is 28.6 Å². The molecule has 2 aromatic carbocycles. The number of hydrogen-bond donors (Lipinski definition) is 2. The van der Waals surface area contributed by atoms with E-state index in [1.165, 1.54) is 0 Å². The van der Waals surface area contributed by atoms with Gasteiger partial charge in [-0.15, -0.1) is 5.43 Å². The normalized spacial score (nSPS) is 11.0. The largest absolute Gasteiger partial charge is 0.350 e. The third-order valence-corrected chi connectivity index (χ3v) is 6.39. The summed E-state index contributed by atoms with van der Waals surface area (Å²) in [5.74, 6) is -0.479. The number of aromatic nitrogens is 2. The molecular weight excluding hydrogens is 436 g/mol. The molecule has 0 bridgehead atoms. The van der Waals surface area contributed by atoms with Gasteiger partial charge in [-0.3, -0.25) is 14.9 Å². The van der Waals surface area contributed by atoms with Gasteiger partial charge >= 0.3 is 5.91 Å². The Kier molecular flexibility index (Phi) is 6.20. The number of rotatable bonds is 6. The third kappa shape index (κ3) is 4.75. The minimum absolute atomic E-state index is 0.217. The zero-order chi connectivity index (χ0) is 23.7. The van der Waals surface area contributed by atoms with Crippen LogP contribution in [0.15, 0.2) is 59.5 Å². The van der Waals surface area contributed by atoms with Crippen LogP contribution in [0.2, 0.25) is 0 Å². The molecule has 0 radical (unpaired) electrons. The highest BCUT2D eigenvalue weighted by molar-refractivity contribution is 7.99. The van der Waals surface area contributed by atoms with E-state index in [-0.39, 0.29) is 16.7 Å². The van der Waals surface area contributed by atoms with Crippen molar-refractivity contribution < 1.29 is 14.4 Å². The second-order valence-electron chi connectivity index (χ2n) is 8.15. The molecule has 0 aliphatic rings. The Morgan fingerprint density at radius 1 is 1.00 bits per heavy atom. The molecule has 0 fully saturated rings. The molecule has 33 heavy (non-hydrogen) atoms. The molecule has 2 N–H and O–H groups in total. The Balaban J connectivity index is 1.83. The van der Waals surface area contributed by atoms with Crippen molar-refractivity contribution in [3.8, 4) is 11.1 Å². The number of aromatic amines is 1. The minimum Gasteiger partial charge on any atom is -0.350 e. The fourth-order valence-corrected chi connectivity index (χ4v) is 4.64. The van der Waals surface area contributed by atoms with E-state index in [1.807, 2.05) is 82.3 Å². The monoisotopic (exact) mass is 461 g/mol. The minimum atomic E-state index is -0.352. The molecule has 0 unspecified atom stereocenters. The predicted molar refractivity (Wildman–Crippen MR) is 131 cm³/mol. The fraction of sp³-hybridized carbons (Fsp3) is 0.200. The van der Waals surface area contributed by atoms with Crippen molar-refractivity contribution in [3.05, 3.63) is 92.9 Å². The number of thioether (sulfide) groups is 1. The maximum atomic E-state index is 13.5. The number of nitrogens with one attached hydrogen (secondary N) is 2. The van der Waals surface area contributed by atoms with Gasteiger partial charge < -0.3 is 4.98 Å². The molecule has 0 atom stereocenters. The number of nitrogens with zero attached hydrogens (tertiary/aromatic N) is 2. The molecular formula is C25H25N4O3S+. The van der Waals surface area contributed by atoms with Crippen molar-refractivity contribution in [2.45, 2.75) is 32.6 Å². The molecule has 0 saturated carbocycles. The first-order chi connectivity index (χ1) is 15.7. The van der Waals surface area contributed by atoms with Gasteiger partial charge in [0.15, 0.2) is 0 Å². The maximum Gasteiger partial charge on any atom is 0.322 e. The topological polar surface area (TPSA) is 91.9 Å². The smallest absolute Gasteiger partial charge is 0.322 e. The lowest BCUT2D eigenvalue weighted by Crippen LogP contribution is -2.53. The number of pyridine rings is 1. The van der Waals surface area contributed by atoms with Gasteiger partial charge in [0.1, 0.15) is 5.69 Å². The Bertz CT molecular complexity index is 1350. The molecule has 2 heterocycles. The van der Waals surface area contributed by atoms with E-state index < -0.39 is 0 Å². The summed E-state index contributed by atoms with van der Waals surface area (Å²) in [5, 5.41) is 11.7. The highest BCUT2D eigenvalue weighted by atomic mass is 32.2. The number of nitro groups is 1. The fourth-order valence-electron chi connectivity index (χ4n) is 4.02. The molecule has 8 heteroatoms. The van der Waals surface area contributed by atoms with Gasteiger partial charge in [0.2, 0.25) is 11.4 Å². The van der Waals surface area contributed by atoms with Gasteiger partial charge in [-0.2, -0.15) is 0 Å². The first-order valence-electron chi connectivity index (χ1n) is 10.5. The summed E-state index contributed by atoms with van der Waals surface area (Å²) in [5.41, 5.74) is 10.0. The molecule has 4 rings (SSSR count). The number of benzene rings is 2. The van der Waals surface area contributed by atoms with Crippen molar-refractivity contribution in [2.24, 2.45) is 0 Å². The molecule has 0 spiro atoms. The average molecular weight is 462 g/mol. The number of aryl methyl sites for hydroxylation is 4. The lowest BCUT2D eigenvalue weighted by molar-refractivity contribution is -0.654. The summed E-state index contributed by atoms with van der Waals surface area (Å²) in [6.07, 6.45) is 0. The first kappa shape index (κ1) is 22.5. The summed E-state index contributed by atoms with van der Waals surface area (Å²) in [7, 11) is 0. The standard InChI is InChI=1S/C25H24N4O3S/c1-15-5-7-19(8-6-15)23-21-13-20(33-14-28(31)32)9-10-22(21)26-24(23)25(30)27-29-17(3)11-16(2)12-18(29)4/h5-13H,14H2,1-4H3,(H-,26,27,30)/p+1. The second-order valence-corrected chi connectivity index (χ2v) is 9.16.